The van der Waals surface area contributed by atoms with E-state index in [4.69, 9.17) is 9.16 Å². The SMILES string of the molecule is COC1=[C-]CC=C1O[Si](C)(C)C.Cc1cc2ccccc2[cH-]1.[Cl-].[Cl-].[Zr+4]. The third-order valence-electron chi connectivity index (χ3n) is 3.16. The molecule has 6 heteroatoms. The van der Waals surface area contributed by atoms with Crippen molar-refractivity contribution in [2.75, 3.05) is 7.11 Å². The molecule has 3 rings (SSSR count). The molecule has 0 N–H and O–H groups in total. The molecule has 0 bridgehead atoms. The molecule has 0 unspecified atom stereocenters. The van der Waals surface area contributed by atoms with Crippen LogP contribution in [0.2, 0.25) is 19.6 Å². The summed E-state index contributed by atoms with van der Waals surface area (Å²) < 4.78 is 10.9. The molecular formula is C19H24Cl2O2SiZr. The molecule has 2 nitrogen and oxygen atoms in total. The van der Waals surface area contributed by atoms with E-state index < -0.39 is 8.32 Å². The molecule has 0 aromatic heterocycles. The second kappa shape index (κ2) is 12.1. The van der Waals surface area contributed by atoms with Crippen LogP contribution in [0.4, 0.5) is 0 Å². The molecule has 25 heavy (non-hydrogen) atoms. The molecule has 0 amide bonds. The van der Waals surface area contributed by atoms with Gasteiger partial charge in [-0.25, -0.2) is 6.08 Å². The summed E-state index contributed by atoms with van der Waals surface area (Å²) in [6.45, 7) is 8.58. The fourth-order valence-corrected chi connectivity index (χ4v) is 3.15. The van der Waals surface area contributed by atoms with Crippen molar-refractivity contribution >= 4 is 19.1 Å². The van der Waals surface area contributed by atoms with Gasteiger partial charge in [0.15, 0.2) is 0 Å². The Balaban J connectivity index is 0. The van der Waals surface area contributed by atoms with Gasteiger partial charge in [-0.3, -0.25) is 0 Å². The van der Waals surface area contributed by atoms with Crippen molar-refractivity contribution in [3.63, 3.8) is 0 Å². The molecule has 0 saturated heterocycles. The Kier molecular flexibility index (Phi) is 12.9. The summed E-state index contributed by atoms with van der Waals surface area (Å²) in [6.07, 6.45) is 5.90. The molecule has 0 saturated carbocycles. The van der Waals surface area contributed by atoms with Crippen molar-refractivity contribution in [1.82, 2.24) is 0 Å². The summed E-state index contributed by atoms with van der Waals surface area (Å²) in [5, 5.41) is 2.69. The average molecular weight is 475 g/mol. The first-order valence-electron chi connectivity index (χ1n) is 7.55. The Morgan fingerprint density at radius 2 is 1.76 bits per heavy atom. The molecule has 0 aliphatic heterocycles. The molecule has 1 aliphatic carbocycles. The Bertz CT molecular complexity index is 670. The fourth-order valence-electron chi connectivity index (χ4n) is 2.31. The number of rotatable bonds is 3. The van der Waals surface area contributed by atoms with E-state index in [1.165, 1.54) is 16.3 Å². The number of ether oxygens (including phenoxy) is 1. The van der Waals surface area contributed by atoms with Crippen LogP contribution in [0.25, 0.3) is 10.8 Å². The molecule has 1 aliphatic rings. The number of fused-ring (bicyclic) bond motifs is 1. The van der Waals surface area contributed by atoms with Gasteiger partial charge in [0.05, 0.1) is 7.11 Å². The summed E-state index contributed by atoms with van der Waals surface area (Å²) in [7, 11) is 0.158. The summed E-state index contributed by atoms with van der Waals surface area (Å²) >= 11 is 0. The maximum absolute atomic E-state index is 5.78. The molecule has 0 radical (unpaired) electrons. The van der Waals surface area contributed by atoms with Gasteiger partial charge in [0.1, 0.15) is 0 Å². The molecule has 2 aromatic rings. The van der Waals surface area contributed by atoms with Gasteiger partial charge < -0.3 is 34.0 Å². The minimum Gasteiger partial charge on any atom is -1.00 e. The number of methoxy groups -OCH3 is 1. The van der Waals surface area contributed by atoms with Crippen LogP contribution in [0, 0.1) is 13.0 Å². The maximum atomic E-state index is 5.78. The van der Waals surface area contributed by atoms with Gasteiger partial charge in [-0.05, 0) is 31.2 Å². The van der Waals surface area contributed by atoms with Crippen LogP contribution in [-0.4, -0.2) is 15.4 Å². The number of benzene rings is 1. The van der Waals surface area contributed by atoms with Crippen molar-refractivity contribution in [1.29, 1.82) is 0 Å². The van der Waals surface area contributed by atoms with E-state index in [-0.39, 0.29) is 51.0 Å². The van der Waals surface area contributed by atoms with Gasteiger partial charge in [0, 0.05) is 0 Å². The minimum atomic E-state index is -1.49. The number of hydrogen-bond acceptors (Lipinski definition) is 2. The van der Waals surface area contributed by atoms with Gasteiger partial charge >= 0.3 is 26.2 Å². The second-order valence-corrected chi connectivity index (χ2v) is 10.8. The largest absolute Gasteiger partial charge is 4.00 e. The van der Waals surface area contributed by atoms with E-state index in [2.05, 4.69) is 69.0 Å². The van der Waals surface area contributed by atoms with Gasteiger partial charge in [-0.1, -0.05) is 13.0 Å². The summed E-state index contributed by atoms with van der Waals surface area (Å²) in [4.78, 5) is 0. The van der Waals surface area contributed by atoms with Crippen LogP contribution in [-0.2, 0) is 35.4 Å². The minimum absolute atomic E-state index is 0. The predicted octanol–water partition coefficient (Wildman–Crippen LogP) is -0.668. The summed E-state index contributed by atoms with van der Waals surface area (Å²) in [5.74, 6) is 1.63. The van der Waals surface area contributed by atoms with E-state index in [1.54, 1.807) is 7.11 Å². The van der Waals surface area contributed by atoms with Crippen molar-refractivity contribution in [3.05, 3.63) is 65.6 Å². The zero-order valence-electron chi connectivity index (χ0n) is 15.3. The fraction of sp³-hybridized carbons (Fsp3) is 0.316. The number of halogens is 2. The third kappa shape index (κ3) is 8.68. The molecule has 0 fully saturated rings. The normalized spacial score (nSPS) is 12.4. The monoisotopic (exact) mass is 472 g/mol. The standard InChI is InChI=1S/C10H9.C9H15O2Si.2ClH.Zr/c1-8-6-9-4-2-3-5-10(9)7-8;1-10-8-6-5-7-9(8)11-12(2,3)4;;;/h2-7H,1H3;7H,5H2,1-4H3;2*1H;/q2*-1;;;+4/p-2. The van der Waals surface area contributed by atoms with Crippen LogP contribution in [0.1, 0.15) is 12.0 Å². The Morgan fingerprint density at radius 3 is 2.32 bits per heavy atom. The van der Waals surface area contributed by atoms with Crippen molar-refractivity contribution in [3.8, 4) is 0 Å². The van der Waals surface area contributed by atoms with Gasteiger partial charge in [0.25, 0.3) is 0 Å². The average Bonchev–Trinajstić information content (AvgIpc) is 3.02. The Morgan fingerprint density at radius 1 is 1.12 bits per heavy atom. The summed E-state index contributed by atoms with van der Waals surface area (Å²) in [5.41, 5.74) is 1.35. The van der Waals surface area contributed by atoms with E-state index in [0.29, 0.717) is 0 Å². The van der Waals surface area contributed by atoms with Gasteiger partial charge in [-0.15, -0.1) is 53.1 Å². The van der Waals surface area contributed by atoms with E-state index in [1.807, 2.05) is 6.08 Å². The molecule has 2 aromatic carbocycles. The number of allylic oxidation sites excluding steroid dienone is 2. The van der Waals surface area contributed by atoms with Crippen molar-refractivity contribution in [2.45, 2.75) is 33.0 Å². The van der Waals surface area contributed by atoms with Crippen LogP contribution in [0.5, 0.6) is 0 Å². The molecular weight excluding hydrogens is 450 g/mol. The Labute approximate surface area is 184 Å². The quantitative estimate of drug-likeness (QED) is 0.434. The van der Waals surface area contributed by atoms with Crippen LogP contribution >= 0.6 is 0 Å². The van der Waals surface area contributed by atoms with Gasteiger partial charge in [-0.2, -0.15) is 6.07 Å². The topological polar surface area (TPSA) is 18.5 Å². The van der Waals surface area contributed by atoms with E-state index >= 15 is 0 Å². The summed E-state index contributed by atoms with van der Waals surface area (Å²) in [6, 6.07) is 12.8. The first kappa shape index (κ1) is 26.8. The molecule has 0 spiro atoms. The number of aryl methyl sites for hydroxylation is 1. The second-order valence-electron chi connectivity index (χ2n) is 6.36. The molecule has 134 valence electrons. The zero-order chi connectivity index (χ0) is 16.2. The first-order valence-corrected chi connectivity index (χ1v) is 11.0. The van der Waals surface area contributed by atoms with Crippen LogP contribution < -0.4 is 24.8 Å². The molecule has 0 atom stereocenters. The van der Waals surface area contributed by atoms with E-state index in [9.17, 15) is 0 Å². The first-order chi connectivity index (χ1) is 10.4. The van der Waals surface area contributed by atoms with Crippen molar-refractivity contribution < 1.29 is 60.2 Å². The van der Waals surface area contributed by atoms with Gasteiger partial charge in [0.2, 0.25) is 8.32 Å². The third-order valence-corrected chi connectivity index (χ3v) is 3.99. The Hall–Kier alpha value is -0.410. The number of hydrogen-bond donors (Lipinski definition) is 0. The smallest absolute Gasteiger partial charge is 1.00 e. The van der Waals surface area contributed by atoms with Crippen LogP contribution in [0.15, 0.2) is 54.0 Å². The maximum Gasteiger partial charge on any atom is 4.00 e. The van der Waals surface area contributed by atoms with Crippen LogP contribution in [0.3, 0.4) is 0 Å². The predicted molar refractivity (Wildman–Crippen MR) is 95.2 cm³/mol. The van der Waals surface area contributed by atoms with Crippen molar-refractivity contribution in [2.24, 2.45) is 0 Å². The zero-order valence-corrected chi connectivity index (χ0v) is 20.3. The molecule has 0 heterocycles. The van der Waals surface area contributed by atoms with E-state index in [0.717, 1.165) is 17.9 Å².